The highest BCUT2D eigenvalue weighted by atomic mass is 35.5. The normalized spacial score (nSPS) is 11.2. The van der Waals surface area contributed by atoms with Gasteiger partial charge in [-0.1, -0.05) is 71.9 Å². The van der Waals surface area contributed by atoms with E-state index in [1.54, 1.807) is 0 Å². The Morgan fingerprint density at radius 3 is 1.50 bits per heavy atom. The van der Waals surface area contributed by atoms with Gasteiger partial charge in [-0.05, 0) is 48.5 Å². The number of hydrogen-bond acceptors (Lipinski definition) is 2. The fourth-order valence-electron chi connectivity index (χ4n) is 3.96. The minimum Gasteiger partial charge on any atom is -1.00 e. The van der Waals surface area contributed by atoms with Crippen LogP contribution in [0.2, 0.25) is 0 Å². The molecule has 4 aromatic carbocycles. The number of halogens is 1. The predicted molar refractivity (Wildman–Crippen MR) is 123 cm³/mol. The lowest BCUT2D eigenvalue weighted by atomic mass is 10.3. The lowest BCUT2D eigenvalue weighted by Crippen LogP contribution is -3.00. The summed E-state index contributed by atoms with van der Waals surface area (Å²) in [5, 5.41) is 13.0. The largest absolute Gasteiger partial charge is 1.00 e. The Morgan fingerprint density at radius 1 is 0.567 bits per heavy atom. The first-order chi connectivity index (χ1) is 14.4. The first kappa shape index (κ1) is 20.3. The van der Waals surface area contributed by atoms with Crippen LogP contribution in [0.25, 0.3) is 11.0 Å². The average Bonchev–Trinajstić information content (AvgIpc) is 3.22. The van der Waals surface area contributed by atoms with Gasteiger partial charge < -0.3 is 12.4 Å². The van der Waals surface area contributed by atoms with Crippen LogP contribution in [0, 0.1) is 0 Å². The first-order valence-electron chi connectivity index (χ1n) is 9.71. The van der Waals surface area contributed by atoms with E-state index in [0.29, 0.717) is 0 Å². The minimum atomic E-state index is -1.99. The summed E-state index contributed by atoms with van der Waals surface area (Å²) in [5.74, 6) is 0. The van der Waals surface area contributed by atoms with Crippen molar-refractivity contribution >= 4 is 34.2 Å². The van der Waals surface area contributed by atoms with Crippen LogP contribution in [0.5, 0.6) is 0 Å². The van der Waals surface area contributed by atoms with Crippen LogP contribution in [-0.2, 0) is 6.29 Å². The van der Waals surface area contributed by atoms with Crippen LogP contribution in [0.15, 0.2) is 115 Å². The van der Waals surface area contributed by atoms with Crippen LogP contribution >= 0.6 is 7.26 Å². The molecule has 0 saturated carbocycles. The highest BCUT2D eigenvalue weighted by molar-refractivity contribution is 7.94. The van der Waals surface area contributed by atoms with E-state index < -0.39 is 7.26 Å². The summed E-state index contributed by atoms with van der Waals surface area (Å²) < 4.78 is 2.08. The molecule has 0 saturated heterocycles. The molecule has 0 fully saturated rings. The van der Waals surface area contributed by atoms with Gasteiger partial charge in [0, 0.05) is 0 Å². The van der Waals surface area contributed by atoms with Crippen molar-refractivity contribution in [2.45, 2.75) is 6.29 Å². The van der Waals surface area contributed by atoms with Crippen molar-refractivity contribution in [3.63, 3.8) is 0 Å². The van der Waals surface area contributed by atoms with Crippen molar-refractivity contribution in [2.24, 2.45) is 0 Å². The molecule has 0 aliphatic rings. The van der Waals surface area contributed by atoms with Crippen LogP contribution in [0.1, 0.15) is 0 Å². The third-order valence-corrected chi connectivity index (χ3v) is 9.59. The Balaban J connectivity index is 0.00000218. The van der Waals surface area contributed by atoms with Gasteiger partial charge in [0.05, 0.1) is 5.52 Å². The topological polar surface area (TPSA) is 30.7 Å². The standard InChI is InChI=1S/C25H21N3P.ClH/c1-4-12-21(13-5-1)29(22-14-6-2-7-15-22,23-16-8-3-9-17-23)20-28-25-19-11-10-18-24(25)26-27-28;/h1-19H,20H2;1H/q+1;/p-1. The van der Waals surface area contributed by atoms with Crippen molar-refractivity contribution in [2.75, 3.05) is 0 Å². The molecule has 148 valence electrons. The Hall–Kier alpha value is -3.00. The minimum absolute atomic E-state index is 0. The molecule has 1 heterocycles. The smallest absolute Gasteiger partial charge is 0.167 e. The van der Waals surface area contributed by atoms with E-state index in [1.807, 2.05) is 12.1 Å². The molecule has 3 nitrogen and oxygen atoms in total. The van der Waals surface area contributed by atoms with E-state index >= 15 is 0 Å². The molecule has 5 heteroatoms. The number of hydrogen-bond donors (Lipinski definition) is 0. The van der Waals surface area contributed by atoms with Gasteiger partial charge in [-0.25, -0.2) is 4.68 Å². The molecule has 0 radical (unpaired) electrons. The Morgan fingerprint density at radius 2 is 1.00 bits per heavy atom. The molecule has 0 atom stereocenters. The second kappa shape index (κ2) is 8.79. The fourth-order valence-corrected chi connectivity index (χ4v) is 8.00. The van der Waals surface area contributed by atoms with E-state index in [0.717, 1.165) is 17.3 Å². The zero-order valence-electron chi connectivity index (χ0n) is 16.3. The van der Waals surface area contributed by atoms with Crippen LogP contribution in [0.4, 0.5) is 0 Å². The summed E-state index contributed by atoms with van der Waals surface area (Å²) in [4.78, 5) is 0. The van der Waals surface area contributed by atoms with E-state index in [2.05, 4.69) is 118 Å². The lowest BCUT2D eigenvalue weighted by Gasteiger charge is -2.27. The maximum absolute atomic E-state index is 4.55. The zero-order valence-corrected chi connectivity index (χ0v) is 18.0. The fraction of sp³-hybridized carbons (Fsp3) is 0.0400. The quantitative estimate of drug-likeness (QED) is 0.395. The molecule has 0 N–H and O–H groups in total. The summed E-state index contributed by atoms with van der Waals surface area (Å²) in [6, 6.07) is 40.8. The van der Waals surface area contributed by atoms with Crippen molar-refractivity contribution in [1.29, 1.82) is 0 Å². The zero-order chi connectivity index (χ0) is 19.5. The molecule has 0 aliphatic carbocycles. The number of aromatic nitrogens is 3. The van der Waals surface area contributed by atoms with Crippen molar-refractivity contribution in [3.05, 3.63) is 115 Å². The van der Waals surface area contributed by atoms with E-state index in [1.165, 1.54) is 15.9 Å². The summed E-state index contributed by atoms with van der Waals surface area (Å²) >= 11 is 0. The van der Waals surface area contributed by atoms with Crippen LogP contribution < -0.4 is 28.3 Å². The van der Waals surface area contributed by atoms with Crippen LogP contribution in [-0.4, -0.2) is 15.0 Å². The first-order valence-corrected chi connectivity index (χ1v) is 11.7. The molecule has 0 unspecified atom stereocenters. The van der Waals surface area contributed by atoms with Gasteiger partial charge in [0.15, 0.2) is 6.29 Å². The lowest BCUT2D eigenvalue weighted by molar-refractivity contribution is -0.00000568. The number of para-hydroxylation sites is 1. The SMILES string of the molecule is [Cl-].c1ccc([P+](Cn2nnc3ccccc32)(c2ccccc2)c2ccccc2)cc1. The molecular formula is C25H21ClN3P. The van der Waals surface area contributed by atoms with Gasteiger partial charge in [-0.3, -0.25) is 0 Å². The van der Waals surface area contributed by atoms with E-state index in [-0.39, 0.29) is 12.4 Å². The number of nitrogens with zero attached hydrogens (tertiary/aromatic N) is 3. The average molecular weight is 430 g/mol. The summed E-state index contributed by atoms with van der Waals surface area (Å²) in [6.45, 7) is 0. The third kappa shape index (κ3) is 3.52. The van der Waals surface area contributed by atoms with E-state index in [9.17, 15) is 0 Å². The molecule has 5 aromatic rings. The van der Waals surface area contributed by atoms with Crippen LogP contribution in [0.3, 0.4) is 0 Å². The molecule has 5 rings (SSSR count). The maximum atomic E-state index is 4.55. The van der Waals surface area contributed by atoms with Gasteiger partial charge in [0.25, 0.3) is 0 Å². The Kier molecular flexibility index (Phi) is 5.94. The summed E-state index contributed by atoms with van der Waals surface area (Å²) in [6.07, 6.45) is 0.769. The Labute approximate surface area is 183 Å². The van der Waals surface area contributed by atoms with Gasteiger partial charge in [-0.2, -0.15) is 0 Å². The highest BCUT2D eigenvalue weighted by Crippen LogP contribution is 2.56. The highest BCUT2D eigenvalue weighted by Gasteiger charge is 2.46. The van der Waals surface area contributed by atoms with E-state index in [4.69, 9.17) is 0 Å². The summed E-state index contributed by atoms with van der Waals surface area (Å²) in [7, 11) is -1.99. The molecule has 0 bridgehead atoms. The Bertz CT molecular complexity index is 1130. The van der Waals surface area contributed by atoms with Gasteiger partial charge in [0.2, 0.25) is 0 Å². The molecule has 0 spiro atoms. The second-order valence-corrected chi connectivity index (χ2v) is 10.5. The second-order valence-electron chi connectivity index (χ2n) is 7.04. The molecule has 0 aliphatic heterocycles. The van der Waals surface area contributed by atoms with Gasteiger partial charge >= 0.3 is 0 Å². The maximum Gasteiger partial charge on any atom is 0.167 e. The number of benzene rings is 4. The van der Waals surface area contributed by atoms with Crippen molar-refractivity contribution < 1.29 is 12.4 Å². The molecular weight excluding hydrogens is 409 g/mol. The predicted octanol–water partition coefficient (Wildman–Crippen LogP) is 1.39. The number of fused-ring (bicyclic) bond motifs is 1. The van der Waals surface area contributed by atoms with Crippen molar-refractivity contribution in [3.8, 4) is 0 Å². The molecule has 1 aromatic heterocycles. The van der Waals surface area contributed by atoms with Gasteiger partial charge in [0.1, 0.15) is 28.7 Å². The van der Waals surface area contributed by atoms with Crippen molar-refractivity contribution in [1.82, 2.24) is 15.0 Å². The van der Waals surface area contributed by atoms with Gasteiger partial charge in [-0.15, -0.1) is 5.10 Å². The monoisotopic (exact) mass is 429 g/mol. The summed E-state index contributed by atoms with van der Waals surface area (Å²) in [5.41, 5.74) is 2.00. The number of rotatable bonds is 5. The molecule has 0 amide bonds. The third-order valence-electron chi connectivity index (χ3n) is 5.36. The molecule has 30 heavy (non-hydrogen) atoms.